The molecular formula is C35H43ClF2N4O5S. The van der Waals surface area contributed by atoms with Gasteiger partial charge in [-0.05, 0) is 97.7 Å². The number of anilines is 1. The summed E-state index contributed by atoms with van der Waals surface area (Å²) in [7, 11) is -1.98. The second kappa shape index (κ2) is 14.3. The van der Waals surface area contributed by atoms with Gasteiger partial charge in [-0.15, -0.1) is 4.36 Å². The topological polar surface area (TPSA) is 101 Å². The molecule has 2 aromatic rings. The van der Waals surface area contributed by atoms with E-state index in [1.807, 2.05) is 31.2 Å². The van der Waals surface area contributed by atoms with Gasteiger partial charge in [0, 0.05) is 30.8 Å². The fraction of sp³-hybridized carbons (Fsp3) is 0.543. The number of hydrogen-bond donors (Lipinski definition) is 1. The molecule has 1 saturated carbocycles. The molecular weight excluding hydrogens is 662 g/mol. The molecule has 5 atom stereocenters. The molecule has 0 radical (unpaired) electrons. The predicted octanol–water partition coefficient (Wildman–Crippen LogP) is 6.88. The van der Waals surface area contributed by atoms with Crippen molar-refractivity contribution in [2.45, 2.75) is 64.0 Å². The van der Waals surface area contributed by atoms with Crippen molar-refractivity contribution in [3.63, 3.8) is 0 Å². The molecule has 9 nitrogen and oxygen atoms in total. The Morgan fingerprint density at radius 3 is 2.69 bits per heavy atom. The summed E-state index contributed by atoms with van der Waals surface area (Å²) < 4.78 is 60.0. The maximum atomic E-state index is 14.2. The van der Waals surface area contributed by atoms with Crippen molar-refractivity contribution in [1.29, 1.82) is 0 Å². The quantitative estimate of drug-likeness (QED) is 0.342. The molecule has 3 aliphatic heterocycles. The third-order valence-corrected chi connectivity index (χ3v) is 12.0. The maximum absolute atomic E-state index is 14.2. The number of benzene rings is 2. The number of halogens is 3. The summed E-state index contributed by atoms with van der Waals surface area (Å²) in [6.45, 7) is 2.03. The molecule has 0 spiro atoms. The third kappa shape index (κ3) is 7.97. The first kappa shape index (κ1) is 34.6. The smallest absolute Gasteiger partial charge is 0.330 e. The predicted molar refractivity (Wildman–Crippen MR) is 182 cm³/mol. The van der Waals surface area contributed by atoms with Gasteiger partial charge in [-0.25, -0.2) is 17.8 Å². The van der Waals surface area contributed by atoms with Crippen molar-refractivity contribution < 1.29 is 32.1 Å². The van der Waals surface area contributed by atoms with Gasteiger partial charge in [0.2, 0.25) is 0 Å². The fourth-order valence-corrected chi connectivity index (χ4v) is 9.11. The number of nitrogens with one attached hydrogen (secondary N) is 1. The van der Waals surface area contributed by atoms with Gasteiger partial charge in [0.05, 0.1) is 37.2 Å². The highest BCUT2D eigenvalue weighted by molar-refractivity contribution is 7.92. The standard InChI is InChI=1S/C35H43ClF2N4O5S/c1-23-6-5-8-31(46-2)29-13-10-27(29)19-41-18-26-9-12-28(36)16-24(26)7-3-4-15-47-32-14-11-25(17-30(32)41)33(43)39-48(45,20-23)40-34(44)42-21-35(37,38)22-42/h5,8-9,11-12,14,16-17,23,27,29,31H,3-4,6-7,10,13,15,18-22H2,1-2H3,(H,39,40,43,44,45)/b8-5+/t23-,27-,29+,31-,48-/m0/s1. The molecule has 6 rings (SSSR count). The summed E-state index contributed by atoms with van der Waals surface area (Å²) in [6, 6.07) is 10.1. The molecule has 13 heteroatoms. The Labute approximate surface area is 286 Å². The lowest BCUT2D eigenvalue weighted by Gasteiger charge is -2.43. The number of likely N-dealkylation sites (tertiary alicyclic amines) is 1. The first-order chi connectivity index (χ1) is 22.9. The zero-order chi connectivity index (χ0) is 34.1. The maximum Gasteiger partial charge on any atom is 0.330 e. The fourth-order valence-electron chi connectivity index (χ4n) is 7.03. The van der Waals surface area contributed by atoms with E-state index in [0.717, 1.165) is 42.6 Å². The van der Waals surface area contributed by atoms with Crippen LogP contribution in [0.1, 0.15) is 60.5 Å². The average molecular weight is 705 g/mol. The number of carbonyl (C=O) groups excluding carboxylic acids is 2. The molecule has 3 amide bonds. The largest absolute Gasteiger partial charge is 0.491 e. The number of rotatable bonds is 2. The lowest BCUT2D eigenvalue weighted by Crippen LogP contribution is -2.61. The van der Waals surface area contributed by atoms with E-state index in [4.69, 9.17) is 21.1 Å². The van der Waals surface area contributed by atoms with Crippen LogP contribution in [-0.2, 0) is 27.6 Å². The van der Waals surface area contributed by atoms with Crippen molar-refractivity contribution in [3.8, 4) is 5.75 Å². The number of fused-ring (bicyclic) bond motifs is 3. The van der Waals surface area contributed by atoms with E-state index in [2.05, 4.69) is 20.1 Å². The number of allylic oxidation sites excluding steroid dienone is 1. The van der Waals surface area contributed by atoms with Crippen LogP contribution < -0.4 is 14.4 Å². The molecule has 4 aliphatic rings. The van der Waals surface area contributed by atoms with Gasteiger partial charge in [0.1, 0.15) is 15.7 Å². The monoisotopic (exact) mass is 704 g/mol. The minimum atomic E-state index is -3.69. The average Bonchev–Trinajstić information content (AvgIpc) is 3.03. The summed E-state index contributed by atoms with van der Waals surface area (Å²) >= 11 is 6.42. The van der Waals surface area contributed by atoms with Crippen LogP contribution in [0.2, 0.25) is 5.02 Å². The van der Waals surface area contributed by atoms with E-state index < -0.39 is 40.9 Å². The third-order valence-electron chi connectivity index (χ3n) is 9.78. The number of aryl methyl sites for hydroxylation is 1. The van der Waals surface area contributed by atoms with Crippen LogP contribution in [0.25, 0.3) is 0 Å². The number of hydrogen-bond acceptors (Lipinski definition) is 6. The molecule has 0 aromatic heterocycles. The van der Waals surface area contributed by atoms with E-state index in [-0.39, 0.29) is 29.3 Å². The van der Waals surface area contributed by atoms with Gasteiger partial charge < -0.3 is 19.3 Å². The van der Waals surface area contributed by atoms with Crippen LogP contribution in [0.4, 0.5) is 19.3 Å². The van der Waals surface area contributed by atoms with E-state index in [0.29, 0.717) is 48.5 Å². The van der Waals surface area contributed by atoms with Crippen LogP contribution >= 0.6 is 11.6 Å². The van der Waals surface area contributed by atoms with Gasteiger partial charge in [-0.1, -0.05) is 36.7 Å². The molecule has 1 saturated heterocycles. The Balaban J connectivity index is 1.43. The highest BCUT2D eigenvalue weighted by Gasteiger charge is 2.47. The molecule has 1 aliphatic carbocycles. The Morgan fingerprint density at radius 1 is 1.15 bits per heavy atom. The van der Waals surface area contributed by atoms with Crippen LogP contribution in [0, 0.1) is 17.8 Å². The van der Waals surface area contributed by atoms with Gasteiger partial charge in [0.15, 0.2) is 0 Å². The summed E-state index contributed by atoms with van der Waals surface area (Å²) in [5, 5.41) is 0.685. The van der Waals surface area contributed by atoms with E-state index in [1.165, 1.54) is 5.56 Å². The zero-order valence-corrected chi connectivity index (χ0v) is 28.9. The van der Waals surface area contributed by atoms with Crippen LogP contribution in [0.5, 0.6) is 5.75 Å². The van der Waals surface area contributed by atoms with E-state index in [1.54, 1.807) is 25.3 Å². The second-order valence-electron chi connectivity index (χ2n) is 13.6. The van der Waals surface area contributed by atoms with Crippen molar-refractivity contribution in [2.24, 2.45) is 22.1 Å². The van der Waals surface area contributed by atoms with Crippen LogP contribution in [0.15, 0.2) is 52.9 Å². The number of ether oxygens (including phenoxy) is 2. The van der Waals surface area contributed by atoms with Gasteiger partial charge in [-0.2, -0.15) is 0 Å². The summed E-state index contributed by atoms with van der Waals surface area (Å²) in [6.07, 6.45) is 9.08. The highest BCUT2D eigenvalue weighted by Crippen LogP contribution is 2.42. The molecule has 2 aromatic carbocycles. The first-order valence-electron chi connectivity index (χ1n) is 16.6. The number of urea groups is 1. The van der Waals surface area contributed by atoms with Crippen molar-refractivity contribution in [3.05, 3.63) is 70.3 Å². The van der Waals surface area contributed by atoms with Crippen molar-refractivity contribution >= 4 is 39.1 Å². The molecule has 2 bridgehead atoms. The Bertz CT molecular complexity index is 1690. The second-order valence-corrected chi connectivity index (χ2v) is 16.0. The normalized spacial score (nSPS) is 29.7. The molecule has 0 unspecified atom stereocenters. The van der Waals surface area contributed by atoms with Crippen LogP contribution in [-0.4, -0.2) is 72.2 Å². The molecule has 3 heterocycles. The Hall–Kier alpha value is -3.22. The van der Waals surface area contributed by atoms with Gasteiger partial charge >= 0.3 is 6.03 Å². The summed E-state index contributed by atoms with van der Waals surface area (Å²) in [5.41, 5.74) is 3.21. The lowest BCUT2D eigenvalue weighted by molar-refractivity contribution is -0.109. The summed E-state index contributed by atoms with van der Waals surface area (Å²) in [4.78, 5) is 29.8. The molecule has 260 valence electrons. The minimum absolute atomic E-state index is 0.121. The number of alkyl halides is 2. The van der Waals surface area contributed by atoms with E-state index >= 15 is 0 Å². The van der Waals surface area contributed by atoms with Crippen molar-refractivity contribution in [2.75, 3.05) is 44.0 Å². The van der Waals surface area contributed by atoms with Gasteiger partial charge in [-0.3, -0.25) is 9.52 Å². The SMILES string of the molecule is CO[C@H]1/C=C/C[C@H](C)C[S@@](=O)(NC(=O)N2CC(F)(F)C2)=NC(=O)c2ccc3c(c2)N(Cc2ccc(Cl)cc2CCCCO3)C[C@@H]2CC[C@H]21. The van der Waals surface area contributed by atoms with Gasteiger partial charge in [0.25, 0.3) is 11.8 Å². The molecule has 48 heavy (non-hydrogen) atoms. The molecule has 2 fully saturated rings. The van der Waals surface area contributed by atoms with Crippen LogP contribution in [0.3, 0.4) is 0 Å². The van der Waals surface area contributed by atoms with E-state index in [9.17, 15) is 22.6 Å². The Kier molecular flexibility index (Phi) is 10.3. The molecule has 1 N–H and O–H groups in total. The summed E-state index contributed by atoms with van der Waals surface area (Å²) in [5.74, 6) is -2.92. The Morgan fingerprint density at radius 2 is 1.96 bits per heavy atom. The van der Waals surface area contributed by atoms with Crippen molar-refractivity contribution in [1.82, 2.24) is 9.62 Å². The number of amides is 3. The first-order valence-corrected chi connectivity index (χ1v) is 18.7. The minimum Gasteiger partial charge on any atom is -0.491 e. The zero-order valence-electron chi connectivity index (χ0n) is 27.3. The number of methoxy groups -OCH3 is 1. The highest BCUT2D eigenvalue weighted by atomic mass is 35.5. The number of carbonyl (C=O) groups is 2. The lowest BCUT2D eigenvalue weighted by atomic mass is 9.70. The number of nitrogens with zero attached hydrogens (tertiary/aromatic N) is 3.